The summed E-state index contributed by atoms with van der Waals surface area (Å²) in [7, 11) is 0. The van der Waals surface area contributed by atoms with Gasteiger partial charge in [0.1, 0.15) is 5.57 Å². The minimum Gasteiger partial charge on any atom is -0.476 e. The number of nitro benzene ring substituents is 1. The lowest BCUT2D eigenvalue weighted by molar-refractivity contribution is -0.385. The molecular weight excluding hydrogens is 368 g/mol. The Labute approximate surface area is 158 Å². The molecule has 3 amide bonds. The number of carbonyl (C=O) groups is 3. The minimum absolute atomic E-state index is 0.0869. The first-order valence-electron chi connectivity index (χ1n) is 7.99. The third kappa shape index (κ3) is 3.65. The predicted octanol–water partition coefficient (Wildman–Crippen LogP) is 0.920. The number of rotatable bonds is 6. The number of nitrogens with zero attached hydrogens (tertiary/aromatic N) is 2. The van der Waals surface area contributed by atoms with Gasteiger partial charge in [-0.1, -0.05) is 30.3 Å². The van der Waals surface area contributed by atoms with Crippen LogP contribution in [0.3, 0.4) is 0 Å². The molecule has 0 atom stereocenters. The summed E-state index contributed by atoms with van der Waals surface area (Å²) in [6.07, 6.45) is 1.17. The first kappa shape index (κ1) is 18.6. The van der Waals surface area contributed by atoms with Crippen LogP contribution in [-0.2, 0) is 14.4 Å². The molecule has 10 nitrogen and oxygen atoms in total. The molecule has 2 aromatic carbocycles. The Bertz CT molecular complexity index is 1000. The number of nitro groups is 1. The number of nitrogens with one attached hydrogen (secondary N) is 1. The zero-order valence-electron chi connectivity index (χ0n) is 14.3. The van der Waals surface area contributed by atoms with Crippen molar-refractivity contribution in [3.05, 3.63) is 69.8 Å². The molecule has 2 aromatic rings. The van der Waals surface area contributed by atoms with Crippen molar-refractivity contribution in [3.8, 4) is 5.75 Å². The van der Waals surface area contributed by atoms with E-state index in [-0.39, 0.29) is 16.9 Å². The second-order valence-electron chi connectivity index (χ2n) is 5.68. The van der Waals surface area contributed by atoms with Crippen LogP contribution in [0.1, 0.15) is 5.56 Å². The number of hydrogen-bond donors (Lipinski definition) is 2. The average Bonchev–Trinajstić information content (AvgIpc) is 2.95. The van der Waals surface area contributed by atoms with E-state index in [0.29, 0.717) is 5.69 Å². The Kier molecular flexibility index (Phi) is 5.03. The van der Waals surface area contributed by atoms with Gasteiger partial charge in [-0.2, -0.15) is 0 Å². The van der Waals surface area contributed by atoms with E-state index in [4.69, 9.17) is 10.5 Å². The van der Waals surface area contributed by atoms with E-state index in [2.05, 4.69) is 5.43 Å². The van der Waals surface area contributed by atoms with Gasteiger partial charge in [0.15, 0.2) is 6.61 Å². The van der Waals surface area contributed by atoms with E-state index in [9.17, 15) is 24.5 Å². The lowest BCUT2D eigenvalue weighted by Gasteiger charge is -2.14. The van der Waals surface area contributed by atoms with E-state index >= 15 is 0 Å². The van der Waals surface area contributed by atoms with Crippen LogP contribution >= 0.6 is 0 Å². The zero-order valence-corrected chi connectivity index (χ0v) is 14.3. The summed E-state index contributed by atoms with van der Waals surface area (Å²) in [5.41, 5.74) is 7.33. The lowest BCUT2D eigenvalue weighted by atomic mass is 10.1. The molecule has 1 saturated heterocycles. The summed E-state index contributed by atoms with van der Waals surface area (Å²) in [5.74, 6) is -2.41. The van der Waals surface area contributed by atoms with Crippen LogP contribution in [0.25, 0.3) is 6.08 Å². The predicted molar refractivity (Wildman–Crippen MR) is 97.8 cm³/mol. The van der Waals surface area contributed by atoms with Crippen LogP contribution < -0.4 is 20.9 Å². The highest BCUT2D eigenvalue weighted by Crippen LogP contribution is 2.33. The number of nitrogens with two attached hydrogens (primary N) is 1. The second kappa shape index (κ2) is 7.58. The molecular formula is C18H14N4O6. The van der Waals surface area contributed by atoms with Crippen LogP contribution in [0.4, 0.5) is 11.4 Å². The SMILES string of the molecule is NC(=O)COc1c(C=C2C(=O)NN(c3ccccc3)C2=O)cccc1[N+](=O)[O-]. The number of hydrogen-bond acceptors (Lipinski definition) is 6. The van der Waals surface area contributed by atoms with Crippen molar-refractivity contribution in [2.24, 2.45) is 5.73 Å². The Morgan fingerprint density at radius 2 is 1.89 bits per heavy atom. The molecule has 0 unspecified atom stereocenters. The molecule has 28 heavy (non-hydrogen) atoms. The molecule has 1 heterocycles. The van der Waals surface area contributed by atoms with Crippen molar-refractivity contribution < 1.29 is 24.0 Å². The van der Waals surface area contributed by atoms with Crippen LogP contribution in [0.2, 0.25) is 0 Å². The Morgan fingerprint density at radius 1 is 1.18 bits per heavy atom. The molecule has 0 saturated carbocycles. The van der Waals surface area contributed by atoms with E-state index in [1.807, 2.05) is 0 Å². The number of anilines is 1. The van der Waals surface area contributed by atoms with Gasteiger partial charge < -0.3 is 10.5 Å². The van der Waals surface area contributed by atoms with Gasteiger partial charge in [-0.3, -0.25) is 29.9 Å². The molecule has 0 aliphatic carbocycles. The normalized spacial score (nSPS) is 14.9. The monoisotopic (exact) mass is 382 g/mol. The summed E-state index contributed by atoms with van der Waals surface area (Å²) >= 11 is 0. The van der Waals surface area contributed by atoms with Gasteiger partial charge in [0, 0.05) is 11.6 Å². The number of hydrazine groups is 1. The Balaban J connectivity index is 2.01. The van der Waals surface area contributed by atoms with Crippen LogP contribution in [-0.4, -0.2) is 29.3 Å². The smallest absolute Gasteiger partial charge is 0.311 e. The molecule has 10 heteroatoms. The summed E-state index contributed by atoms with van der Waals surface area (Å²) < 4.78 is 5.17. The molecule has 0 bridgehead atoms. The Hall–Kier alpha value is -4.21. The molecule has 0 radical (unpaired) electrons. The molecule has 0 spiro atoms. The quantitative estimate of drug-likeness (QED) is 0.329. The van der Waals surface area contributed by atoms with Crippen LogP contribution in [0, 0.1) is 10.1 Å². The minimum atomic E-state index is -0.832. The number of amides is 3. The largest absolute Gasteiger partial charge is 0.476 e. The van der Waals surface area contributed by atoms with Gasteiger partial charge in [0.05, 0.1) is 10.6 Å². The maximum atomic E-state index is 12.6. The summed E-state index contributed by atoms with van der Waals surface area (Å²) in [4.78, 5) is 46.5. The van der Waals surface area contributed by atoms with Gasteiger partial charge in [-0.05, 0) is 18.2 Å². The van der Waals surface area contributed by atoms with Gasteiger partial charge in [0.2, 0.25) is 5.75 Å². The van der Waals surface area contributed by atoms with Gasteiger partial charge in [0.25, 0.3) is 17.7 Å². The number of para-hydroxylation sites is 2. The van der Waals surface area contributed by atoms with Crippen molar-refractivity contribution in [1.29, 1.82) is 0 Å². The molecule has 1 aliphatic heterocycles. The van der Waals surface area contributed by atoms with Gasteiger partial charge in [-0.15, -0.1) is 0 Å². The maximum Gasteiger partial charge on any atom is 0.311 e. The molecule has 3 rings (SSSR count). The van der Waals surface area contributed by atoms with E-state index < -0.39 is 34.9 Å². The number of ether oxygens (including phenoxy) is 1. The van der Waals surface area contributed by atoms with E-state index in [1.165, 1.54) is 24.3 Å². The molecule has 1 aliphatic rings. The number of benzene rings is 2. The first-order chi connectivity index (χ1) is 13.4. The highest BCUT2D eigenvalue weighted by Gasteiger charge is 2.35. The second-order valence-corrected chi connectivity index (χ2v) is 5.68. The topological polar surface area (TPSA) is 145 Å². The summed E-state index contributed by atoms with van der Waals surface area (Å²) in [6.45, 7) is -0.600. The van der Waals surface area contributed by atoms with Crippen LogP contribution in [0.15, 0.2) is 54.1 Å². The van der Waals surface area contributed by atoms with Gasteiger partial charge >= 0.3 is 5.69 Å². The number of primary amides is 1. The third-order valence-electron chi connectivity index (χ3n) is 3.79. The standard InChI is InChI=1S/C18H14N4O6/c19-15(23)10-28-16-11(5-4-8-14(16)22(26)27)9-13-17(24)20-21(18(13)25)12-6-2-1-3-7-12/h1-9H,10H2,(H2,19,23)(H,20,24). The molecule has 0 aromatic heterocycles. The van der Waals surface area contributed by atoms with Crippen molar-refractivity contribution in [3.63, 3.8) is 0 Å². The third-order valence-corrected chi connectivity index (χ3v) is 3.79. The van der Waals surface area contributed by atoms with Crippen molar-refractivity contribution in [2.45, 2.75) is 0 Å². The Morgan fingerprint density at radius 3 is 2.54 bits per heavy atom. The highest BCUT2D eigenvalue weighted by atomic mass is 16.6. The van der Waals surface area contributed by atoms with Crippen LogP contribution in [0.5, 0.6) is 5.75 Å². The van der Waals surface area contributed by atoms with Crippen molar-refractivity contribution >= 4 is 35.2 Å². The maximum absolute atomic E-state index is 12.6. The highest BCUT2D eigenvalue weighted by molar-refractivity contribution is 6.31. The average molecular weight is 382 g/mol. The van der Waals surface area contributed by atoms with Crippen molar-refractivity contribution in [1.82, 2.24) is 5.43 Å². The van der Waals surface area contributed by atoms with E-state index in [1.54, 1.807) is 30.3 Å². The fraction of sp³-hybridized carbons (Fsp3) is 0.0556. The first-order valence-corrected chi connectivity index (χ1v) is 7.99. The summed E-state index contributed by atoms with van der Waals surface area (Å²) in [5, 5.41) is 12.3. The zero-order chi connectivity index (χ0) is 20.3. The lowest BCUT2D eigenvalue weighted by Crippen LogP contribution is -2.35. The molecule has 3 N–H and O–H groups in total. The van der Waals surface area contributed by atoms with Crippen molar-refractivity contribution in [2.75, 3.05) is 11.6 Å². The molecule has 1 fully saturated rings. The summed E-state index contributed by atoms with van der Waals surface area (Å²) in [6, 6.07) is 12.4. The molecule has 142 valence electrons. The fourth-order valence-corrected chi connectivity index (χ4v) is 2.57. The number of carbonyl (C=O) groups excluding carboxylic acids is 3. The fourth-order valence-electron chi connectivity index (χ4n) is 2.57. The van der Waals surface area contributed by atoms with E-state index in [0.717, 1.165) is 5.01 Å². The van der Waals surface area contributed by atoms with Gasteiger partial charge in [-0.25, -0.2) is 5.01 Å².